The van der Waals surface area contributed by atoms with Gasteiger partial charge in [-0.05, 0) is 36.2 Å². The van der Waals surface area contributed by atoms with Crippen molar-refractivity contribution < 1.29 is 4.79 Å². The predicted octanol–water partition coefficient (Wildman–Crippen LogP) is 3.80. The van der Waals surface area contributed by atoms with Gasteiger partial charge in [0.2, 0.25) is 5.91 Å². The molecule has 20 heavy (non-hydrogen) atoms. The molecule has 1 atom stereocenters. The summed E-state index contributed by atoms with van der Waals surface area (Å²) < 4.78 is 0. The molecule has 3 rings (SSSR count). The third-order valence-corrected chi connectivity index (χ3v) is 3.84. The van der Waals surface area contributed by atoms with Gasteiger partial charge in [0.1, 0.15) is 0 Å². The molecule has 1 aliphatic rings. The number of carbonyl (C=O) groups is 1. The van der Waals surface area contributed by atoms with Gasteiger partial charge in [-0.15, -0.1) is 0 Å². The zero-order valence-electron chi connectivity index (χ0n) is 11.1. The summed E-state index contributed by atoms with van der Waals surface area (Å²) in [6.07, 6.45) is 0. The molecule has 1 heterocycles. The van der Waals surface area contributed by atoms with E-state index in [0.29, 0.717) is 17.3 Å². The van der Waals surface area contributed by atoms with E-state index in [0.717, 1.165) is 16.8 Å². The third-order valence-electron chi connectivity index (χ3n) is 3.53. The van der Waals surface area contributed by atoms with Crippen LogP contribution in [0.2, 0.25) is 5.02 Å². The van der Waals surface area contributed by atoms with Gasteiger partial charge in [0.15, 0.2) is 0 Å². The molecule has 4 heteroatoms. The fraction of sp³-hybridized carbons (Fsp3) is 0.188. The van der Waals surface area contributed by atoms with Crippen molar-refractivity contribution in [2.75, 3.05) is 17.2 Å². The molecule has 1 amide bonds. The highest BCUT2D eigenvalue weighted by molar-refractivity contribution is 6.33. The summed E-state index contributed by atoms with van der Waals surface area (Å²) in [6, 6.07) is 13.5. The molecule has 0 bridgehead atoms. The van der Waals surface area contributed by atoms with Gasteiger partial charge in [0.05, 0.1) is 16.6 Å². The van der Waals surface area contributed by atoms with Crippen LogP contribution in [0.4, 0.5) is 11.4 Å². The monoisotopic (exact) mass is 286 g/mol. The Hall–Kier alpha value is -2.00. The number of carbonyl (C=O) groups excluding carboxylic acids is 1. The van der Waals surface area contributed by atoms with Crippen molar-refractivity contribution in [3.8, 4) is 0 Å². The first kappa shape index (κ1) is 13.0. The largest absolute Gasteiger partial charge is 0.384 e. The number of anilines is 2. The Bertz CT molecular complexity index is 669. The highest BCUT2D eigenvalue weighted by Crippen LogP contribution is 2.32. The summed E-state index contributed by atoms with van der Waals surface area (Å²) in [5, 5.41) is 6.72. The van der Waals surface area contributed by atoms with Crippen molar-refractivity contribution in [2.45, 2.75) is 12.8 Å². The smallest absolute Gasteiger partial charge is 0.233 e. The van der Waals surface area contributed by atoms with Crippen LogP contribution in [0.25, 0.3) is 0 Å². The van der Waals surface area contributed by atoms with Crippen molar-refractivity contribution in [2.24, 2.45) is 0 Å². The molecule has 0 fully saturated rings. The number of halogens is 1. The first-order chi connectivity index (χ1) is 9.65. The van der Waals surface area contributed by atoms with Crippen molar-refractivity contribution in [3.05, 3.63) is 58.6 Å². The van der Waals surface area contributed by atoms with Crippen LogP contribution in [0.3, 0.4) is 0 Å². The molecule has 3 nitrogen and oxygen atoms in total. The summed E-state index contributed by atoms with van der Waals surface area (Å²) in [7, 11) is 0. The Morgan fingerprint density at radius 3 is 2.90 bits per heavy atom. The molecule has 0 aliphatic carbocycles. The van der Waals surface area contributed by atoms with Crippen LogP contribution in [0, 0.1) is 6.92 Å². The van der Waals surface area contributed by atoms with Gasteiger partial charge in [-0.25, -0.2) is 0 Å². The maximum atomic E-state index is 12.4. The van der Waals surface area contributed by atoms with E-state index >= 15 is 0 Å². The number of benzene rings is 2. The van der Waals surface area contributed by atoms with Crippen LogP contribution >= 0.6 is 11.6 Å². The van der Waals surface area contributed by atoms with Crippen LogP contribution in [-0.2, 0) is 4.79 Å². The number of rotatable bonds is 2. The number of aryl methyl sites for hydroxylation is 1. The summed E-state index contributed by atoms with van der Waals surface area (Å²) >= 11 is 6.15. The molecule has 1 aliphatic heterocycles. The van der Waals surface area contributed by atoms with E-state index in [4.69, 9.17) is 11.6 Å². The van der Waals surface area contributed by atoms with E-state index < -0.39 is 0 Å². The number of nitrogens with one attached hydrogen (secondary N) is 2. The molecule has 102 valence electrons. The SMILES string of the molecule is Cc1ccc(NC(=O)C2CNc3ccccc32)c(Cl)c1. The van der Waals surface area contributed by atoms with Crippen molar-refractivity contribution >= 4 is 28.9 Å². The fourth-order valence-electron chi connectivity index (χ4n) is 2.46. The van der Waals surface area contributed by atoms with Crippen LogP contribution in [0.1, 0.15) is 17.0 Å². The quantitative estimate of drug-likeness (QED) is 0.882. The van der Waals surface area contributed by atoms with Gasteiger partial charge in [-0.1, -0.05) is 35.9 Å². The van der Waals surface area contributed by atoms with Crippen LogP contribution in [0.15, 0.2) is 42.5 Å². The number of amides is 1. The van der Waals surface area contributed by atoms with Crippen LogP contribution < -0.4 is 10.6 Å². The average molecular weight is 287 g/mol. The number of hydrogen-bond acceptors (Lipinski definition) is 2. The zero-order valence-corrected chi connectivity index (χ0v) is 11.9. The number of fused-ring (bicyclic) bond motifs is 1. The second kappa shape index (κ2) is 5.17. The molecule has 0 spiro atoms. The second-order valence-electron chi connectivity index (χ2n) is 4.99. The maximum absolute atomic E-state index is 12.4. The van der Waals surface area contributed by atoms with E-state index in [1.807, 2.05) is 49.4 Å². The summed E-state index contributed by atoms with van der Waals surface area (Å²) in [5.74, 6) is -0.211. The van der Waals surface area contributed by atoms with E-state index in [2.05, 4.69) is 10.6 Å². The van der Waals surface area contributed by atoms with Crippen LogP contribution in [-0.4, -0.2) is 12.5 Å². The highest BCUT2D eigenvalue weighted by atomic mass is 35.5. The van der Waals surface area contributed by atoms with Gasteiger partial charge >= 0.3 is 0 Å². The Labute approximate surface area is 123 Å². The van der Waals surface area contributed by atoms with E-state index in [1.165, 1.54) is 0 Å². The van der Waals surface area contributed by atoms with Gasteiger partial charge in [-0.2, -0.15) is 0 Å². The van der Waals surface area contributed by atoms with E-state index in [-0.39, 0.29) is 11.8 Å². The summed E-state index contributed by atoms with van der Waals surface area (Å²) in [6.45, 7) is 2.59. The minimum absolute atomic E-state index is 0.0341. The molecular weight excluding hydrogens is 272 g/mol. The minimum Gasteiger partial charge on any atom is -0.384 e. The molecule has 2 N–H and O–H groups in total. The van der Waals surface area contributed by atoms with Crippen molar-refractivity contribution in [3.63, 3.8) is 0 Å². The minimum atomic E-state index is -0.177. The Morgan fingerprint density at radius 1 is 1.30 bits per heavy atom. The Balaban J connectivity index is 1.81. The predicted molar refractivity (Wildman–Crippen MR) is 82.5 cm³/mol. The lowest BCUT2D eigenvalue weighted by atomic mass is 10.0. The number of hydrogen-bond donors (Lipinski definition) is 2. The second-order valence-corrected chi connectivity index (χ2v) is 5.40. The van der Waals surface area contributed by atoms with Crippen LogP contribution in [0.5, 0.6) is 0 Å². The van der Waals surface area contributed by atoms with Gasteiger partial charge < -0.3 is 10.6 Å². The van der Waals surface area contributed by atoms with Gasteiger partial charge in [-0.3, -0.25) is 4.79 Å². The Morgan fingerprint density at radius 2 is 2.10 bits per heavy atom. The fourth-order valence-corrected chi connectivity index (χ4v) is 2.74. The molecular formula is C16H15ClN2O. The topological polar surface area (TPSA) is 41.1 Å². The molecule has 1 unspecified atom stereocenters. The first-order valence-electron chi connectivity index (χ1n) is 6.55. The lowest BCUT2D eigenvalue weighted by molar-refractivity contribution is -0.117. The standard InChI is InChI=1S/C16H15ClN2O/c1-10-6-7-15(13(17)8-10)19-16(20)12-9-18-14-5-3-2-4-11(12)14/h2-8,12,18H,9H2,1H3,(H,19,20). The lowest BCUT2D eigenvalue weighted by Crippen LogP contribution is -2.22. The molecule has 2 aromatic rings. The van der Waals surface area contributed by atoms with Crippen molar-refractivity contribution in [1.82, 2.24) is 0 Å². The van der Waals surface area contributed by atoms with Gasteiger partial charge in [0, 0.05) is 12.2 Å². The molecule has 0 radical (unpaired) electrons. The van der Waals surface area contributed by atoms with E-state index in [1.54, 1.807) is 0 Å². The highest BCUT2D eigenvalue weighted by Gasteiger charge is 2.28. The molecule has 0 aromatic heterocycles. The lowest BCUT2D eigenvalue weighted by Gasteiger charge is -2.12. The van der Waals surface area contributed by atoms with Gasteiger partial charge in [0.25, 0.3) is 0 Å². The Kier molecular flexibility index (Phi) is 3.36. The third kappa shape index (κ3) is 2.37. The van der Waals surface area contributed by atoms with E-state index in [9.17, 15) is 4.79 Å². The maximum Gasteiger partial charge on any atom is 0.233 e. The molecule has 2 aromatic carbocycles. The van der Waals surface area contributed by atoms with Crippen molar-refractivity contribution in [1.29, 1.82) is 0 Å². The zero-order chi connectivity index (χ0) is 14.1. The number of para-hydroxylation sites is 1. The molecule has 0 saturated carbocycles. The summed E-state index contributed by atoms with van der Waals surface area (Å²) in [5.41, 5.74) is 3.79. The average Bonchev–Trinajstić information content (AvgIpc) is 2.86. The molecule has 0 saturated heterocycles. The summed E-state index contributed by atoms with van der Waals surface area (Å²) in [4.78, 5) is 12.4. The normalized spacial score (nSPS) is 16.4. The first-order valence-corrected chi connectivity index (χ1v) is 6.93.